The average Bonchev–Trinajstić information content (AvgIpc) is 2.90. The fourth-order valence-corrected chi connectivity index (χ4v) is 2.82. The van der Waals surface area contributed by atoms with Crippen molar-refractivity contribution >= 4 is 11.9 Å². The number of amides is 1. The maximum atomic E-state index is 13.6. The van der Waals surface area contributed by atoms with E-state index >= 15 is 0 Å². The molecule has 0 saturated heterocycles. The van der Waals surface area contributed by atoms with Gasteiger partial charge in [0.15, 0.2) is 0 Å². The molecule has 114 valence electrons. The Kier molecular flexibility index (Phi) is 4.55. The number of aliphatic carboxylic acids is 1. The van der Waals surface area contributed by atoms with E-state index in [1.54, 1.807) is 0 Å². The summed E-state index contributed by atoms with van der Waals surface area (Å²) in [6.45, 7) is -0.00616. The van der Waals surface area contributed by atoms with Gasteiger partial charge in [0.1, 0.15) is 11.6 Å². The number of carbonyl (C=O) groups is 2. The van der Waals surface area contributed by atoms with E-state index in [2.05, 4.69) is 0 Å². The molecular weight excluding hydrogens is 280 g/mol. The molecule has 2 unspecified atom stereocenters. The molecule has 1 fully saturated rings. The van der Waals surface area contributed by atoms with Crippen LogP contribution in [0.4, 0.5) is 8.78 Å². The molecule has 1 aromatic carbocycles. The van der Waals surface area contributed by atoms with Crippen LogP contribution in [-0.4, -0.2) is 28.9 Å². The molecule has 0 aromatic heterocycles. The highest BCUT2D eigenvalue weighted by atomic mass is 19.1. The maximum Gasteiger partial charge on any atom is 0.307 e. The van der Waals surface area contributed by atoms with Gasteiger partial charge in [0.25, 0.3) is 0 Å². The van der Waals surface area contributed by atoms with Gasteiger partial charge in [0, 0.05) is 25.2 Å². The lowest BCUT2D eigenvalue weighted by molar-refractivity contribution is -0.148. The highest BCUT2D eigenvalue weighted by molar-refractivity contribution is 5.85. The fourth-order valence-electron chi connectivity index (χ4n) is 2.82. The van der Waals surface area contributed by atoms with Crippen LogP contribution in [0.5, 0.6) is 0 Å². The second kappa shape index (κ2) is 6.20. The molecule has 1 saturated carbocycles. The summed E-state index contributed by atoms with van der Waals surface area (Å²) in [6.07, 6.45) is 1.72. The van der Waals surface area contributed by atoms with Crippen molar-refractivity contribution in [1.29, 1.82) is 0 Å². The molecule has 21 heavy (non-hydrogen) atoms. The summed E-state index contributed by atoms with van der Waals surface area (Å²) in [5.41, 5.74) is 0.206. The second-order valence-corrected chi connectivity index (χ2v) is 5.41. The Morgan fingerprint density at radius 2 is 1.95 bits per heavy atom. The van der Waals surface area contributed by atoms with E-state index < -0.39 is 29.4 Å². The van der Waals surface area contributed by atoms with Gasteiger partial charge in [-0.3, -0.25) is 9.59 Å². The third-order valence-corrected chi connectivity index (χ3v) is 3.95. The van der Waals surface area contributed by atoms with E-state index in [1.165, 1.54) is 18.0 Å². The van der Waals surface area contributed by atoms with Gasteiger partial charge in [0.05, 0.1) is 11.8 Å². The molecule has 2 rings (SSSR count). The number of halogens is 2. The van der Waals surface area contributed by atoms with E-state index in [0.717, 1.165) is 12.1 Å². The predicted molar refractivity (Wildman–Crippen MR) is 71.3 cm³/mol. The zero-order chi connectivity index (χ0) is 15.6. The second-order valence-electron chi connectivity index (χ2n) is 5.41. The molecule has 0 aliphatic heterocycles. The van der Waals surface area contributed by atoms with Crippen molar-refractivity contribution < 1.29 is 23.5 Å². The molecule has 0 spiro atoms. The van der Waals surface area contributed by atoms with Crippen LogP contribution in [0.1, 0.15) is 24.8 Å². The number of rotatable bonds is 4. The van der Waals surface area contributed by atoms with E-state index in [1.807, 2.05) is 0 Å². The molecule has 0 radical (unpaired) electrons. The van der Waals surface area contributed by atoms with Crippen molar-refractivity contribution in [2.45, 2.75) is 25.8 Å². The highest BCUT2D eigenvalue weighted by Gasteiger charge is 2.39. The number of benzene rings is 1. The Bertz CT molecular complexity index is 562. The first-order valence-corrected chi connectivity index (χ1v) is 6.82. The molecule has 1 aromatic rings. The Morgan fingerprint density at radius 3 is 2.57 bits per heavy atom. The summed E-state index contributed by atoms with van der Waals surface area (Å²) in [5.74, 6) is -3.88. The first-order valence-electron chi connectivity index (χ1n) is 6.82. The van der Waals surface area contributed by atoms with Crippen LogP contribution in [0.15, 0.2) is 18.2 Å². The zero-order valence-corrected chi connectivity index (χ0v) is 11.7. The summed E-state index contributed by atoms with van der Waals surface area (Å²) >= 11 is 0. The Hall–Kier alpha value is -1.98. The van der Waals surface area contributed by atoms with Gasteiger partial charge in [-0.15, -0.1) is 0 Å². The molecule has 1 amide bonds. The lowest BCUT2D eigenvalue weighted by Crippen LogP contribution is -2.36. The van der Waals surface area contributed by atoms with Crippen molar-refractivity contribution in [2.24, 2.45) is 11.8 Å². The lowest BCUT2D eigenvalue weighted by atomic mass is 9.94. The monoisotopic (exact) mass is 297 g/mol. The van der Waals surface area contributed by atoms with Crippen molar-refractivity contribution in [3.05, 3.63) is 35.4 Å². The smallest absolute Gasteiger partial charge is 0.307 e. The maximum absolute atomic E-state index is 13.6. The fraction of sp³-hybridized carbons (Fsp3) is 0.467. The number of carboxylic acid groups (broad SMARTS) is 1. The van der Waals surface area contributed by atoms with E-state index in [0.29, 0.717) is 19.3 Å². The number of carbonyl (C=O) groups excluding carboxylic acids is 1. The van der Waals surface area contributed by atoms with E-state index in [-0.39, 0.29) is 18.0 Å². The first-order chi connectivity index (χ1) is 9.90. The molecular formula is C15H17F2NO3. The Balaban J connectivity index is 2.07. The van der Waals surface area contributed by atoms with Crippen LogP contribution in [0.3, 0.4) is 0 Å². The summed E-state index contributed by atoms with van der Waals surface area (Å²) in [6, 6.07) is 3.19. The number of hydrogen-bond acceptors (Lipinski definition) is 2. The topological polar surface area (TPSA) is 57.6 Å². The van der Waals surface area contributed by atoms with Crippen LogP contribution in [0.25, 0.3) is 0 Å². The van der Waals surface area contributed by atoms with Gasteiger partial charge in [-0.2, -0.15) is 0 Å². The number of hydrogen-bond donors (Lipinski definition) is 1. The van der Waals surface area contributed by atoms with Gasteiger partial charge >= 0.3 is 5.97 Å². The number of nitrogens with zero attached hydrogens (tertiary/aromatic N) is 1. The van der Waals surface area contributed by atoms with E-state index in [4.69, 9.17) is 5.11 Å². The lowest BCUT2D eigenvalue weighted by Gasteiger charge is -2.23. The van der Waals surface area contributed by atoms with Crippen LogP contribution in [-0.2, 0) is 16.1 Å². The van der Waals surface area contributed by atoms with E-state index in [9.17, 15) is 18.4 Å². The molecule has 4 nitrogen and oxygen atoms in total. The minimum Gasteiger partial charge on any atom is -0.481 e. The van der Waals surface area contributed by atoms with Gasteiger partial charge in [0.2, 0.25) is 5.91 Å². The quantitative estimate of drug-likeness (QED) is 0.928. The minimum atomic E-state index is -0.966. The Labute approximate surface area is 121 Å². The van der Waals surface area contributed by atoms with Gasteiger partial charge in [-0.1, -0.05) is 12.5 Å². The summed E-state index contributed by atoms with van der Waals surface area (Å²) in [7, 11) is 1.50. The summed E-state index contributed by atoms with van der Waals surface area (Å²) in [4.78, 5) is 24.7. The predicted octanol–water partition coefficient (Wildman–Crippen LogP) is 2.42. The first kappa shape index (κ1) is 15.4. The van der Waals surface area contributed by atoms with Crippen molar-refractivity contribution in [3.8, 4) is 0 Å². The third-order valence-electron chi connectivity index (χ3n) is 3.95. The molecule has 1 aliphatic rings. The summed E-state index contributed by atoms with van der Waals surface area (Å²) in [5, 5.41) is 9.11. The zero-order valence-electron chi connectivity index (χ0n) is 11.7. The molecule has 0 bridgehead atoms. The van der Waals surface area contributed by atoms with Crippen molar-refractivity contribution in [3.63, 3.8) is 0 Å². The summed E-state index contributed by atoms with van der Waals surface area (Å²) < 4.78 is 26.4. The van der Waals surface area contributed by atoms with Crippen LogP contribution in [0.2, 0.25) is 0 Å². The highest BCUT2D eigenvalue weighted by Crippen LogP contribution is 2.33. The standard InChI is InChI=1S/C15H17F2NO3/c1-18(8-9-5-6-10(16)7-13(9)17)14(19)11-3-2-4-12(11)15(20)21/h5-7,11-12H,2-4,8H2,1H3,(H,20,21). The Morgan fingerprint density at radius 1 is 1.29 bits per heavy atom. The normalized spacial score (nSPS) is 21.3. The van der Waals surface area contributed by atoms with Crippen molar-refractivity contribution in [2.75, 3.05) is 7.05 Å². The van der Waals surface area contributed by atoms with Gasteiger partial charge in [-0.25, -0.2) is 8.78 Å². The minimum absolute atomic E-state index is 0.00616. The largest absolute Gasteiger partial charge is 0.481 e. The molecule has 1 N–H and O–H groups in total. The van der Waals surface area contributed by atoms with Crippen molar-refractivity contribution in [1.82, 2.24) is 4.90 Å². The van der Waals surface area contributed by atoms with Crippen LogP contribution >= 0.6 is 0 Å². The molecule has 1 aliphatic carbocycles. The molecule has 0 heterocycles. The molecule has 2 atom stereocenters. The SMILES string of the molecule is CN(Cc1ccc(F)cc1F)C(=O)C1CCCC1C(=O)O. The third kappa shape index (κ3) is 3.37. The average molecular weight is 297 g/mol. The number of carboxylic acids is 1. The van der Waals surface area contributed by atoms with Gasteiger partial charge < -0.3 is 10.0 Å². The molecule has 6 heteroatoms. The van der Waals surface area contributed by atoms with Crippen LogP contribution in [0, 0.1) is 23.5 Å². The van der Waals surface area contributed by atoms with Crippen LogP contribution < -0.4 is 0 Å². The van der Waals surface area contributed by atoms with Gasteiger partial charge in [-0.05, 0) is 18.9 Å².